The molecule has 0 spiro atoms. The Balaban J connectivity index is 1.48. The van der Waals surface area contributed by atoms with Gasteiger partial charge in [-0.2, -0.15) is 5.10 Å². The Hall–Kier alpha value is -4.27. The first-order valence-corrected chi connectivity index (χ1v) is 9.93. The summed E-state index contributed by atoms with van der Waals surface area (Å²) < 4.78 is 12.7. The summed E-state index contributed by atoms with van der Waals surface area (Å²) in [6.07, 6.45) is 4.90. The van der Waals surface area contributed by atoms with Gasteiger partial charge in [0.1, 0.15) is 23.7 Å². The molecule has 0 bridgehead atoms. The van der Waals surface area contributed by atoms with E-state index >= 15 is 0 Å². The van der Waals surface area contributed by atoms with Crippen molar-refractivity contribution in [1.29, 1.82) is 0 Å². The molecule has 162 valence electrons. The molecule has 0 unspecified atom stereocenters. The Morgan fingerprint density at radius 3 is 2.69 bits per heavy atom. The van der Waals surface area contributed by atoms with Gasteiger partial charge in [-0.15, -0.1) is 0 Å². The van der Waals surface area contributed by atoms with E-state index in [1.165, 1.54) is 0 Å². The third-order valence-electron chi connectivity index (χ3n) is 4.77. The van der Waals surface area contributed by atoms with Gasteiger partial charge in [0, 0.05) is 42.2 Å². The van der Waals surface area contributed by atoms with Crippen LogP contribution in [0.15, 0.2) is 61.2 Å². The Kier molecular flexibility index (Phi) is 6.07. The topological polar surface area (TPSA) is 104 Å². The maximum atomic E-state index is 12.8. The van der Waals surface area contributed by atoms with Crippen molar-refractivity contribution in [1.82, 2.24) is 30.0 Å². The number of pyridine rings is 2. The molecule has 0 saturated heterocycles. The number of aryl methyl sites for hydroxylation is 1. The van der Waals surface area contributed by atoms with Gasteiger partial charge in [-0.3, -0.25) is 4.79 Å². The highest BCUT2D eigenvalue weighted by molar-refractivity contribution is 5.96. The van der Waals surface area contributed by atoms with Crippen molar-refractivity contribution in [3.8, 4) is 23.2 Å². The molecule has 4 aromatic rings. The second kappa shape index (κ2) is 9.25. The van der Waals surface area contributed by atoms with Gasteiger partial charge in [-0.1, -0.05) is 12.1 Å². The van der Waals surface area contributed by atoms with Gasteiger partial charge >= 0.3 is 0 Å². The SMILES string of the molecule is COc1ccc(CNC(=O)c2cccc(Oc3ccnc(-n4cnc(C)n4)c3)c2C)cn1. The number of hydrogen-bond donors (Lipinski definition) is 1. The number of methoxy groups -OCH3 is 1. The number of hydrogen-bond acceptors (Lipinski definition) is 7. The van der Waals surface area contributed by atoms with Crippen LogP contribution in [0.4, 0.5) is 0 Å². The average Bonchev–Trinajstić information content (AvgIpc) is 3.26. The molecule has 1 amide bonds. The van der Waals surface area contributed by atoms with Gasteiger partial charge in [0.2, 0.25) is 5.88 Å². The predicted molar refractivity (Wildman–Crippen MR) is 117 cm³/mol. The molecule has 9 heteroatoms. The second-order valence-electron chi connectivity index (χ2n) is 7.01. The molecule has 1 aromatic carbocycles. The van der Waals surface area contributed by atoms with Crippen LogP contribution in [0.5, 0.6) is 17.4 Å². The lowest BCUT2D eigenvalue weighted by Crippen LogP contribution is -2.23. The summed E-state index contributed by atoms with van der Waals surface area (Å²) in [5.74, 6) is 2.72. The smallest absolute Gasteiger partial charge is 0.251 e. The fraction of sp³-hybridized carbons (Fsp3) is 0.174. The average molecular weight is 430 g/mol. The second-order valence-corrected chi connectivity index (χ2v) is 7.01. The highest BCUT2D eigenvalue weighted by Crippen LogP contribution is 2.28. The van der Waals surface area contributed by atoms with Crippen molar-refractivity contribution in [2.75, 3.05) is 7.11 Å². The van der Waals surface area contributed by atoms with Crippen molar-refractivity contribution < 1.29 is 14.3 Å². The van der Waals surface area contributed by atoms with Crippen molar-refractivity contribution >= 4 is 5.91 Å². The van der Waals surface area contributed by atoms with Gasteiger partial charge in [0.15, 0.2) is 5.82 Å². The van der Waals surface area contributed by atoms with E-state index in [-0.39, 0.29) is 5.91 Å². The molecule has 32 heavy (non-hydrogen) atoms. The number of benzene rings is 1. The number of carbonyl (C=O) groups is 1. The van der Waals surface area contributed by atoms with Gasteiger partial charge in [-0.25, -0.2) is 19.6 Å². The summed E-state index contributed by atoms with van der Waals surface area (Å²) in [6, 6.07) is 12.5. The molecule has 0 saturated carbocycles. The normalized spacial score (nSPS) is 10.6. The van der Waals surface area contributed by atoms with Crippen LogP contribution in [0.25, 0.3) is 5.82 Å². The van der Waals surface area contributed by atoms with Crippen LogP contribution < -0.4 is 14.8 Å². The number of rotatable bonds is 7. The number of nitrogens with zero attached hydrogens (tertiary/aromatic N) is 5. The predicted octanol–water partition coefficient (Wildman–Crippen LogP) is 3.41. The largest absolute Gasteiger partial charge is 0.481 e. The Morgan fingerprint density at radius 2 is 1.97 bits per heavy atom. The molecule has 3 aromatic heterocycles. The third kappa shape index (κ3) is 4.72. The highest BCUT2D eigenvalue weighted by Gasteiger charge is 2.14. The van der Waals surface area contributed by atoms with Crippen molar-refractivity contribution in [2.45, 2.75) is 20.4 Å². The van der Waals surface area contributed by atoms with Gasteiger partial charge in [0.25, 0.3) is 5.91 Å². The van der Waals surface area contributed by atoms with Gasteiger partial charge in [0.05, 0.1) is 7.11 Å². The number of carbonyl (C=O) groups excluding carboxylic acids is 1. The molecule has 3 heterocycles. The Bertz CT molecular complexity index is 1240. The first-order chi connectivity index (χ1) is 15.5. The van der Waals surface area contributed by atoms with E-state index in [1.54, 1.807) is 60.8 Å². The van der Waals surface area contributed by atoms with E-state index in [9.17, 15) is 4.79 Å². The van der Waals surface area contributed by atoms with E-state index < -0.39 is 0 Å². The van der Waals surface area contributed by atoms with Crippen LogP contribution in [0.1, 0.15) is 27.3 Å². The minimum Gasteiger partial charge on any atom is -0.481 e. The zero-order valence-electron chi connectivity index (χ0n) is 17.9. The van der Waals surface area contributed by atoms with Crippen molar-refractivity contribution in [3.63, 3.8) is 0 Å². The van der Waals surface area contributed by atoms with Crippen molar-refractivity contribution in [2.24, 2.45) is 0 Å². The zero-order valence-corrected chi connectivity index (χ0v) is 17.9. The van der Waals surface area contributed by atoms with Crippen LogP contribution >= 0.6 is 0 Å². The third-order valence-corrected chi connectivity index (χ3v) is 4.77. The maximum absolute atomic E-state index is 12.8. The van der Waals surface area contributed by atoms with Gasteiger partial charge < -0.3 is 14.8 Å². The zero-order chi connectivity index (χ0) is 22.5. The molecule has 4 rings (SSSR count). The number of amides is 1. The fourth-order valence-electron chi connectivity index (χ4n) is 3.06. The Labute approximate surface area is 185 Å². The van der Waals surface area contributed by atoms with Crippen LogP contribution in [0.2, 0.25) is 0 Å². The lowest BCUT2D eigenvalue weighted by atomic mass is 10.1. The summed E-state index contributed by atoms with van der Waals surface area (Å²) in [7, 11) is 1.56. The molecule has 1 N–H and O–H groups in total. The van der Waals surface area contributed by atoms with E-state index in [4.69, 9.17) is 9.47 Å². The number of nitrogens with one attached hydrogen (secondary N) is 1. The molecule has 0 aliphatic rings. The summed E-state index contributed by atoms with van der Waals surface area (Å²) in [4.78, 5) is 25.3. The van der Waals surface area contributed by atoms with Crippen LogP contribution in [0, 0.1) is 13.8 Å². The fourth-order valence-corrected chi connectivity index (χ4v) is 3.06. The molecular formula is C23H22N6O3. The minimum atomic E-state index is -0.197. The molecule has 0 aliphatic heterocycles. The first-order valence-electron chi connectivity index (χ1n) is 9.93. The van der Waals surface area contributed by atoms with E-state index in [1.807, 2.05) is 26.0 Å². The van der Waals surface area contributed by atoms with Crippen LogP contribution in [-0.4, -0.2) is 37.7 Å². The van der Waals surface area contributed by atoms with Crippen molar-refractivity contribution in [3.05, 3.63) is 83.7 Å². The number of ether oxygens (including phenoxy) is 2. The molecule has 0 fully saturated rings. The number of aromatic nitrogens is 5. The summed E-state index contributed by atoms with van der Waals surface area (Å²) in [6.45, 7) is 4.01. The van der Waals surface area contributed by atoms with Gasteiger partial charge in [-0.05, 0) is 37.6 Å². The first kappa shape index (κ1) is 21.0. The van der Waals surface area contributed by atoms with Crippen LogP contribution in [0.3, 0.4) is 0 Å². The summed E-state index contributed by atoms with van der Waals surface area (Å²) in [5.41, 5.74) is 2.13. The Morgan fingerprint density at radius 1 is 1.09 bits per heavy atom. The molecule has 9 nitrogen and oxygen atoms in total. The maximum Gasteiger partial charge on any atom is 0.251 e. The van der Waals surface area contributed by atoms with E-state index in [0.717, 1.165) is 11.1 Å². The summed E-state index contributed by atoms with van der Waals surface area (Å²) in [5, 5.41) is 7.18. The molecule has 0 aliphatic carbocycles. The minimum absolute atomic E-state index is 0.197. The quantitative estimate of drug-likeness (QED) is 0.479. The lowest BCUT2D eigenvalue weighted by Gasteiger charge is -2.13. The lowest BCUT2D eigenvalue weighted by molar-refractivity contribution is 0.0950. The summed E-state index contributed by atoms with van der Waals surface area (Å²) >= 11 is 0. The monoisotopic (exact) mass is 430 g/mol. The standard InChI is InChI=1S/C23H22N6O3/c1-15-19(23(30)26-13-17-7-8-22(31-3)25-12-17)5-4-6-20(15)32-18-9-10-24-21(11-18)29-14-27-16(2)28-29/h4-12,14H,13H2,1-3H3,(H,26,30). The van der Waals surface area contributed by atoms with E-state index in [0.29, 0.717) is 41.1 Å². The van der Waals surface area contributed by atoms with E-state index in [2.05, 4.69) is 25.4 Å². The molecular weight excluding hydrogens is 408 g/mol. The molecule has 0 atom stereocenters. The highest BCUT2D eigenvalue weighted by atomic mass is 16.5. The van der Waals surface area contributed by atoms with Crippen LogP contribution in [-0.2, 0) is 6.54 Å². The molecule has 0 radical (unpaired) electrons.